The van der Waals surface area contributed by atoms with Gasteiger partial charge in [0, 0.05) is 18.8 Å². The molecule has 0 heterocycles. The van der Waals surface area contributed by atoms with Gasteiger partial charge in [-0.1, -0.05) is 0 Å². The molecule has 8 heteroatoms. The maximum absolute atomic E-state index is 13.6. The molecule has 0 aromatic heterocycles. The maximum Gasteiger partial charge on any atom is 0.264 e. The SMILES string of the molecule is Cc1cc(S(=O)(=O)NC(=O)[C@H]2CCCC(F)(F)C2)cc(C)c1F. The van der Waals surface area contributed by atoms with Gasteiger partial charge in [0.05, 0.1) is 4.90 Å². The number of sulfonamides is 1. The summed E-state index contributed by atoms with van der Waals surface area (Å²) in [7, 11) is -4.22. The molecule has 0 radical (unpaired) electrons. The first kappa shape index (κ1) is 17.8. The lowest BCUT2D eigenvalue weighted by atomic mass is 9.86. The smallest absolute Gasteiger partial charge is 0.264 e. The third-order valence-electron chi connectivity index (χ3n) is 3.97. The van der Waals surface area contributed by atoms with Gasteiger partial charge < -0.3 is 0 Å². The standard InChI is InChI=1S/C15H18F3NO3S/c1-9-6-12(7-10(2)13(9)16)23(21,22)19-14(20)11-4-3-5-15(17,18)8-11/h6-7,11H,3-5,8H2,1-2H3,(H,19,20)/t11-/m0/s1. The molecule has 2 rings (SSSR count). The van der Waals surface area contributed by atoms with E-state index in [0.717, 1.165) is 12.1 Å². The lowest BCUT2D eigenvalue weighted by molar-refractivity contribution is -0.130. The molecule has 23 heavy (non-hydrogen) atoms. The van der Waals surface area contributed by atoms with Crippen molar-refractivity contribution in [1.29, 1.82) is 0 Å². The van der Waals surface area contributed by atoms with Crippen LogP contribution in [0, 0.1) is 25.6 Å². The minimum Gasteiger partial charge on any atom is -0.274 e. The van der Waals surface area contributed by atoms with Crippen LogP contribution >= 0.6 is 0 Å². The molecule has 4 nitrogen and oxygen atoms in total. The monoisotopic (exact) mass is 349 g/mol. The molecule has 1 saturated carbocycles. The zero-order valence-corrected chi connectivity index (χ0v) is 13.6. The maximum atomic E-state index is 13.6. The van der Waals surface area contributed by atoms with Crippen LogP contribution < -0.4 is 4.72 Å². The minimum absolute atomic E-state index is 0.127. The van der Waals surface area contributed by atoms with Crippen LogP contribution in [0.4, 0.5) is 13.2 Å². The van der Waals surface area contributed by atoms with Crippen molar-refractivity contribution < 1.29 is 26.4 Å². The molecule has 1 aliphatic carbocycles. The van der Waals surface area contributed by atoms with E-state index < -0.39 is 40.0 Å². The molecule has 1 atom stereocenters. The molecular formula is C15H18F3NO3S. The van der Waals surface area contributed by atoms with E-state index in [1.165, 1.54) is 13.8 Å². The average Bonchev–Trinajstić information content (AvgIpc) is 2.42. The summed E-state index contributed by atoms with van der Waals surface area (Å²) in [5.74, 6) is -5.46. The van der Waals surface area contributed by atoms with E-state index in [9.17, 15) is 26.4 Å². The Kier molecular flexibility index (Phi) is 4.75. The summed E-state index contributed by atoms with van der Waals surface area (Å²) < 4.78 is 66.5. The van der Waals surface area contributed by atoms with Gasteiger partial charge in [0.2, 0.25) is 11.8 Å². The van der Waals surface area contributed by atoms with E-state index in [1.807, 2.05) is 4.72 Å². The first-order valence-corrected chi connectivity index (χ1v) is 8.71. The number of amides is 1. The first-order valence-electron chi connectivity index (χ1n) is 7.23. The second kappa shape index (κ2) is 6.14. The van der Waals surface area contributed by atoms with E-state index in [4.69, 9.17) is 0 Å². The first-order chi connectivity index (χ1) is 10.5. The van der Waals surface area contributed by atoms with Crippen molar-refractivity contribution in [1.82, 2.24) is 4.72 Å². The quantitative estimate of drug-likeness (QED) is 0.912. The van der Waals surface area contributed by atoms with E-state index in [0.29, 0.717) is 0 Å². The van der Waals surface area contributed by atoms with Crippen molar-refractivity contribution >= 4 is 15.9 Å². The van der Waals surface area contributed by atoms with Gasteiger partial charge in [-0.15, -0.1) is 0 Å². The highest BCUT2D eigenvalue weighted by Gasteiger charge is 2.40. The number of carbonyl (C=O) groups excluding carboxylic acids is 1. The summed E-state index contributed by atoms with van der Waals surface area (Å²) in [4.78, 5) is 11.8. The van der Waals surface area contributed by atoms with Crippen molar-refractivity contribution in [2.75, 3.05) is 0 Å². The van der Waals surface area contributed by atoms with Crippen LogP contribution in [-0.4, -0.2) is 20.2 Å². The van der Waals surface area contributed by atoms with Crippen LogP contribution in [0.2, 0.25) is 0 Å². The molecule has 1 aromatic carbocycles. The Morgan fingerprint density at radius 3 is 2.35 bits per heavy atom. The Morgan fingerprint density at radius 2 is 1.83 bits per heavy atom. The fraction of sp³-hybridized carbons (Fsp3) is 0.533. The van der Waals surface area contributed by atoms with Gasteiger partial charge in [-0.3, -0.25) is 4.79 Å². The Labute approximate surface area is 133 Å². The van der Waals surface area contributed by atoms with Gasteiger partial charge in [-0.25, -0.2) is 26.3 Å². The number of aryl methyl sites for hydroxylation is 2. The lowest BCUT2D eigenvalue weighted by Crippen LogP contribution is -2.40. The van der Waals surface area contributed by atoms with Crippen LogP contribution in [0.15, 0.2) is 17.0 Å². The molecule has 1 amide bonds. The number of hydrogen-bond acceptors (Lipinski definition) is 3. The van der Waals surface area contributed by atoms with E-state index in [-0.39, 0.29) is 35.3 Å². The zero-order valence-electron chi connectivity index (χ0n) is 12.8. The minimum atomic E-state index is -4.22. The number of hydrogen-bond donors (Lipinski definition) is 1. The van der Waals surface area contributed by atoms with Gasteiger partial charge >= 0.3 is 0 Å². The lowest BCUT2D eigenvalue weighted by Gasteiger charge is -2.27. The number of nitrogens with one attached hydrogen (secondary N) is 1. The topological polar surface area (TPSA) is 63.2 Å². The second-order valence-corrected chi connectivity index (χ2v) is 7.67. The highest BCUT2D eigenvalue weighted by atomic mass is 32.2. The summed E-state index contributed by atoms with van der Waals surface area (Å²) in [6.07, 6.45) is -0.561. The Balaban J connectivity index is 2.20. The Bertz CT molecular complexity index is 708. The predicted octanol–water partition coefficient (Wildman–Crippen LogP) is 3.07. The van der Waals surface area contributed by atoms with E-state index in [2.05, 4.69) is 0 Å². The fourth-order valence-electron chi connectivity index (χ4n) is 2.73. The van der Waals surface area contributed by atoms with Crippen LogP contribution in [0.25, 0.3) is 0 Å². The number of alkyl halides is 2. The number of rotatable bonds is 3. The summed E-state index contributed by atoms with van der Waals surface area (Å²) in [5, 5.41) is 0. The highest BCUT2D eigenvalue weighted by molar-refractivity contribution is 7.90. The molecule has 1 aromatic rings. The second-order valence-electron chi connectivity index (χ2n) is 5.99. The molecule has 0 aliphatic heterocycles. The van der Waals surface area contributed by atoms with Gasteiger partial charge in [-0.05, 0) is 49.9 Å². The van der Waals surface area contributed by atoms with Crippen LogP contribution in [0.1, 0.15) is 36.8 Å². The van der Waals surface area contributed by atoms with Crippen molar-refractivity contribution in [2.45, 2.75) is 50.3 Å². The van der Waals surface area contributed by atoms with Crippen LogP contribution in [0.5, 0.6) is 0 Å². The highest BCUT2D eigenvalue weighted by Crippen LogP contribution is 2.36. The summed E-state index contributed by atoms with van der Waals surface area (Å²) >= 11 is 0. The van der Waals surface area contributed by atoms with Gasteiger partial charge in [0.15, 0.2) is 0 Å². The van der Waals surface area contributed by atoms with Crippen molar-refractivity contribution in [3.8, 4) is 0 Å². The summed E-state index contributed by atoms with van der Waals surface area (Å²) in [6.45, 7) is 2.82. The van der Waals surface area contributed by atoms with E-state index in [1.54, 1.807) is 0 Å². The summed E-state index contributed by atoms with van der Waals surface area (Å²) in [5.41, 5.74) is 0.254. The van der Waals surface area contributed by atoms with Crippen molar-refractivity contribution in [2.24, 2.45) is 5.92 Å². The zero-order chi connectivity index (χ0) is 17.4. The average molecular weight is 349 g/mol. The number of carbonyl (C=O) groups is 1. The van der Waals surface area contributed by atoms with Crippen molar-refractivity contribution in [3.63, 3.8) is 0 Å². The predicted molar refractivity (Wildman–Crippen MR) is 78.1 cm³/mol. The Morgan fingerprint density at radius 1 is 1.26 bits per heavy atom. The molecule has 1 N–H and O–H groups in total. The normalized spacial score (nSPS) is 21.0. The molecule has 0 spiro atoms. The van der Waals surface area contributed by atoms with Gasteiger partial charge in [-0.2, -0.15) is 0 Å². The largest absolute Gasteiger partial charge is 0.274 e. The molecule has 0 saturated heterocycles. The molecular weight excluding hydrogens is 331 g/mol. The summed E-state index contributed by atoms with van der Waals surface area (Å²) in [6, 6.07) is 2.21. The molecule has 0 unspecified atom stereocenters. The van der Waals surface area contributed by atoms with Crippen LogP contribution in [0.3, 0.4) is 0 Å². The van der Waals surface area contributed by atoms with Gasteiger partial charge in [0.25, 0.3) is 10.0 Å². The molecule has 1 aliphatic rings. The fourth-order valence-corrected chi connectivity index (χ4v) is 3.94. The van der Waals surface area contributed by atoms with Gasteiger partial charge in [0.1, 0.15) is 5.82 Å². The molecule has 128 valence electrons. The number of benzene rings is 1. The molecule has 0 bridgehead atoms. The Hall–Kier alpha value is -1.57. The van der Waals surface area contributed by atoms with E-state index >= 15 is 0 Å². The van der Waals surface area contributed by atoms with Crippen LogP contribution in [-0.2, 0) is 14.8 Å². The molecule has 1 fully saturated rings. The third kappa shape index (κ3) is 4.04. The number of halogens is 3. The third-order valence-corrected chi connectivity index (χ3v) is 5.29. The van der Waals surface area contributed by atoms with Crippen molar-refractivity contribution in [3.05, 3.63) is 29.1 Å².